The summed E-state index contributed by atoms with van der Waals surface area (Å²) in [4.78, 5) is 23.8. The van der Waals surface area contributed by atoms with Crippen molar-refractivity contribution >= 4 is 11.6 Å². The van der Waals surface area contributed by atoms with Crippen LogP contribution in [0.2, 0.25) is 0 Å². The van der Waals surface area contributed by atoms with Gasteiger partial charge in [-0.15, -0.1) is 0 Å². The Morgan fingerprint density at radius 2 is 1.90 bits per heavy atom. The largest absolute Gasteiger partial charge is 0.391 e. The number of nitrogens with zero attached hydrogens (tertiary/aromatic N) is 5. The van der Waals surface area contributed by atoms with Crippen molar-refractivity contribution in [3.63, 3.8) is 0 Å². The van der Waals surface area contributed by atoms with Crippen LogP contribution in [0.15, 0.2) is 23.3 Å². The Bertz CT molecular complexity index is 977. The SMILES string of the molecule is O=c1ccc(N2CCCCC2CNc2ncnc3c2CCC3)nn1C1CCCCC1O. The number of aliphatic hydroxyl groups is 1. The number of rotatable bonds is 5. The molecule has 0 spiro atoms. The van der Waals surface area contributed by atoms with E-state index < -0.39 is 6.10 Å². The van der Waals surface area contributed by atoms with E-state index in [1.54, 1.807) is 12.4 Å². The predicted molar refractivity (Wildman–Crippen MR) is 120 cm³/mol. The fraction of sp³-hybridized carbons (Fsp3) is 0.652. The van der Waals surface area contributed by atoms with Gasteiger partial charge in [0, 0.05) is 36.5 Å². The Morgan fingerprint density at radius 1 is 1.03 bits per heavy atom. The van der Waals surface area contributed by atoms with Crippen LogP contribution in [0.1, 0.15) is 68.7 Å². The maximum atomic E-state index is 12.5. The number of hydrogen-bond donors (Lipinski definition) is 2. The molecule has 0 bridgehead atoms. The first-order valence-electron chi connectivity index (χ1n) is 11.8. The number of anilines is 2. The molecule has 0 radical (unpaired) electrons. The highest BCUT2D eigenvalue weighted by atomic mass is 16.3. The van der Waals surface area contributed by atoms with Crippen LogP contribution >= 0.6 is 0 Å². The van der Waals surface area contributed by atoms with Crippen LogP contribution < -0.4 is 15.8 Å². The minimum atomic E-state index is -0.493. The van der Waals surface area contributed by atoms with E-state index in [0.717, 1.165) is 82.5 Å². The van der Waals surface area contributed by atoms with Gasteiger partial charge in [0.15, 0.2) is 0 Å². The molecule has 3 unspecified atom stereocenters. The first-order chi connectivity index (χ1) is 15.2. The van der Waals surface area contributed by atoms with Crippen LogP contribution in [0.25, 0.3) is 0 Å². The third-order valence-electron chi connectivity index (χ3n) is 7.12. The van der Waals surface area contributed by atoms with Crippen LogP contribution in [0.4, 0.5) is 11.6 Å². The molecular formula is C23H32N6O2. The van der Waals surface area contributed by atoms with E-state index in [9.17, 15) is 9.90 Å². The molecule has 2 N–H and O–H groups in total. The summed E-state index contributed by atoms with van der Waals surface area (Å²) in [5.74, 6) is 1.80. The van der Waals surface area contributed by atoms with Crippen LogP contribution in [-0.4, -0.2) is 50.1 Å². The number of aliphatic hydroxyl groups excluding tert-OH is 1. The van der Waals surface area contributed by atoms with E-state index in [1.165, 1.54) is 22.4 Å². The second kappa shape index (κ2) is 8.94. The highest BCUT2D eigenvalue weighted by molar-refractivity contribution is 5.49. The van der Waals surface area contributed by atoms with E-state index in [0.29, 0.717) is 0 Å². The highest BCUT2D eigenvalue weighted by Gasteiger charge is 2.29. The predicted octanol–water partition coefficient (Wildman–Crippen LogP) is 2.47. The smallest absolute Gasteiger partial charge is 0.267 e. The summed E-state index contributed by atoms with van der Waals surface area (Å²) in [6.45, 7) is 1.71. The molecule has 5 rings (SSSR count). The summed E-state index contributed by atoms with van der Waals surface area (Å²) in [5, 5.41) is 18.8. The van der Waals surface area contributed by atoms with Crippen molar-refractivity contribution in [1.29, 1.82) is 0 Å². The monoisotopic (exact) mass is 424 g/mol. The van der Waals surface area contributed by atoms with Gasteiger partial charge in [-0.3, -0.25) is 4.79 Å². The lowest BCUT2D eigenvalue weighted by atomic mass is 9.93. The van der Waals surface area contributed by atoms with Gasteiger partial charge in [-0.05, 0) is 57.4 Å². The first-order valence-corrected chi connectivity index (χ1v) is 11.8. The minimum absolute atomic E-state index is 0.127. The zero-order chi connectivity index (χ0) is 21.2. The fourth-order valence-electron chi connectivity index (χ4n) is 5.42. The summed E-state index contributed by atoms with van der Waals surface area (Å²) in [6.07, 6.45) is 11.4. The molecule has 1 aliphatic heterocycles. The Labute approximate surface area is 182 Å². The van der Waals surface area contributed by atoms with E-state index in [1.807, 2.05) is 6.07 Å². The van der Waals surface area contributed by atoms with Gasteiger partial charge in [0.05, 0.1) is 12.1 Å². The average Bonchev–Trinajstić information content (AvgIpc) is 3.28. The summed E-state index contributed by atoms with van der Waals surface area (Å²) in [6, 6.07) is 3.52. The van der Waals surface area contributed by atoms with Gasteiger partial charge in [0.1, 0.15) is 18.0 Å². The fourth-order valence-corrected chi connectivity index (χ4v) is 5.42. The Kier molecular flexibility index (Phi) is 5.89. The molecule has 2 aliphatic carbocycles. The zero-order valence-electron chi connectivity index (χ0n) is 18.0. The number of aryl methyl sites for hydroxylation is 1. The molecule has 3 heterocycles. The van der Waals surface area contributed by atoms with Crippen molar-refractivity contribution in [2.75, 3.05) is 23.3 Å². The Balaban J connectivity index is 1.35. The third-order valence-corrected chi connectivity index (χ3v) is 7.12. The molecule has 1 saturated heterocycles. The van der Waals surface area contributed by atoms with Crippen LogP contribution in [0, 0.1) is 0 Å². The standard InChI is InChI=1S/C23H32N6O2/c30-20-10-2-1-9-19(20)29-22(31)12-11-21(27-29)28-13-4-3-6-16(28)14-24-23-17-7-5-8-18(17)25-15-26-23/h11-12,15-16,19-20,30H,1-10,13-14H2,(H,24,25,26). The molecule has 3 atom stereocenters. The summed E-state index contributed by atoms with van der Waals surface area (Å²) >= 11 is 0. The van der Waals surface area contributed by atoms with Crippen LogP contribution in [0.3, 0.4) is 0 Å². The molecule has 0 amide bonds. The molecule has 166 valence electrons. The number of hydrogen-bond acceptors (Lipinski definition) is 7. The van der Waals surface area contributed by atoms with Crippen molar-refractivity contribution in [3.05, 3.63) is 40.1 Å². The quantitative estimate of drug-likeness (QED) is 0.761. The Hall–Kier alpha value is -2.48. The van der Waals surface area contributed by atoms with Crippen molar-refractivity contribution in [2.45, 2.75) is 82.4 Å². The number of piperidine rings is 1. The molecular weight excluding hydrogens is 392 g/mol. The topological polar surface area (TPSA) is 96.2 Å². The lowest BCUT2D eigenvalue weighted by Crippen LogP contribution is -2.45. The third kappa shape index (κ3) is 4.18. The number of aromatic nitrogens is 4. The summed E-state index contributed by atoms with van der Waals surface area (Å²) in [7, 11) is 0. The van der Waals surface area contributed by atoms with Gasteiger partial charge >= 0.3 is 0 Å². The van der Waals surface area contributed by atoms with Crippen molar-refractivity contribution in [3.8, 4) is 0 Å². The zero-order valence-corrected chi connectivity index (χ0v) is 18.0. The molecule has 1 saturated carbocycles. The maximum absolute atomic E-state index is 12.5. The summed E-state index contributed by atoms with van der Waals surface area (Å²) < 4.78 is 1.54. The van der Waals surface area contributed by atoms with E-state index in [-0.39, 0.29) is 17.6 Å². The van der Waals surface area contributed by atoms with Gasteiger partial charge in [0.25, 0.3) is 5.56 Å². The molecule has 31 heavy (non-hydrogen) atoms. The molecule has 3 aliphatic rings. The van der Waals surface area contributed by atoms with E-state index in [2.05, 4.69) is 20.2 Å². The molecule has 8 heteroatoms. The van der Waals surface area contributed by atoms with Crippen molar-refractivity contribution < 1.29 is 5.11 Å². The normalized spacial score (nSPS) is 26.0. The second-order valence-electron chi connectivity index (χ2n) is 9.12. The van der Waals surface area contributed by atoms with Crippen LogP contribution in [0.5, 0.6) is 0 Å². The van der Waals surface area contributed by atoms with Gasteiger partial charge in [0.2, 0.25) is 0 Å². The van der Waals surface area contributed by atoms with Gasteiger partial charge in [-0.1, -0.05) is 12.8 Å². The number of nitrogens with one attached hydrogen (secondary N) is 1. The average molecular weight is 425 g/mol. The molecule has 8 nitrogen and oxygen atoms in total. The van der Waals surface area contributed by atoms with Gasteiger partial charge < -0.3 is 15.3 Å². The lowest BCUT2D eigenvalue weighted by Gasteiger charge is -2.37. The first kappa shape index (κ1) is 20.4. The Morgan fingerprint density at radius 3 is 2.81 bits per heavy atom. The lowest BCUT2D eigenvalue weighted by molar-refractivity contribution is 0.0669. The van der Waals surface area contributed by atoms with Crippen molar-refractivity contribution in [1.82, 2.24) is 19.7 Å². The van der Waals surface area contributed by atoms with Gasteiger partial charge in [-0.2, -0.15) is 5.10 Å². The van der Waals surface area contributed by atoms with Crippen molar-refractivity contribution in [2.24, 2.45) is 0 Å². The van der Waals surface area contributed by atoms with Crippen LogP contribution in [-0.2, 0) is 12.8 Å². The van der Waals surface area contributed by atoms with E-state index in [4.69, 9.17) is 5.10 Å². The van der Waals surface area contributed by atoms with E-state index >= 15 is 0 Å². The van der Waals surface area contributed by atoms with Gasteiger partial charge in [-0.25, -0.2) is 14.6 Å². The summed E-state index contributed by atoms with van der Waals surface area (Å²) in [5.41, 5.74) is 2.32. The molecule has 0 aromatic carbocycles. The molecule has 2 aromatic heterocycles. The number of fused-ring (bicyclic) bond motifs is 1. The maximum Gasteiger partial charge on any atom is 0.267 e. The minimum Gasteiger partial charge on any atom is -0.391 e. The molecule has 2 fully saturated rings. The molecule has 2 aromatic rings. The highest BCUT2D eigenvalue weighted by Crippen LogP contribution is 2.29. The second-order valence-corrected chi connectivity index (χ2v) is 9.12.